The summed E-state index contributed by atoms with van der Waals surface area (Å²) in [4.78, 5) is 0. The first-order valence-corrected chi connectivity index (χ1v) is 3.43. The van der Waals surface area contributed by atoms with Crippen LogP contribution < -0.4 is 11.1 Å². The second-order valence-electron chi connectivity index (χ2n) is 2.64. The Balaban J connectivity index is 2.29. The SMILES string of the molecule is N[C@@H]1CCNC[C@H](O)C1. The van der Waals surface area contributed by atoms with Crippen molar-refractivity contribution in [3.63, 3.8) is 0 Å². The number of nitrogens with two attached hydrogens (primary N) is 1. The smallest absolute Gasteiger partial charge is 0.0679 e. The molecule has 4 N–H and O–H groups in total. The fourth-order valence-electron chi connectivity index (χ4n) is 1.11. The summed E-state index contributed by atoms with van der Waals surface area (Å²) < 4.78 is 0. The van der Waals surface area contributed by atoms with Gasteiger partial charge in [0, 0.05) is 12.6 Å². The summed E-state index contributed by atoms with van der Waals surface area (Å²) in [5.74, 6) is 0. The van der Waals surface area contributed by atoms with E-state index in [2.05, 4.69) is 5.32 Å². The van der Waals surface area contributed by atoms with Gasteiger partial charge in [-0.15, -0.1) is 0 Å². The molecule has 3 heteroatoms. The quantitative estimate of drug-likeness (QED) is 0.396. The van der Waals surface area contributed by atoms with Crippen molar-refractivity contribution in [3.8, 4) is 0 Å². The van der Waals surface area contributed by atoms with Crippen molar-refractivity contribution in [2.45, 2.75) is 25.0 Å². The van der Waals surface area contributed by atoms with Gasteiger partial charge >= 0.3 is 0 Å². The number of rotatable bonds is 0. The van der Waals surface area contributed by atoms with Crippen molar-refractivity contribution in [1.82, 2.24) is 5.32 Å². The molecule has 1 saturated heterocycles. The first-order chi connectivity index (χ1) is 4.29. The van der Waals surface area contributed by atoms with E-state index < -0.39 is 0 Å². The van der Waals surface area contributed by atoms with Crippen molar-refractivity contribution in [3.05, 3.63) is 0 Å². The Hall–Kier alpha value is -0.120. The number of β-amino-alcohol motifs (C(OH)–C–C–N with tert-alkyl or cyclic N) is 1. The summed E-state index contributed by atoms with van der Waals surface area (Å²) in [7, 11) is 0. The van der Waals surface area contributed by atoms with Crippen LogP contribution in [-0.2, 0) is 0 Å². The maximum Gasteiger partial charge on any atom is 0.0679 e. The lowest BCUT2D eigenvalue weighted by Crippen LogP contribution is -2.26. The summed E-state index contributed by atoms with van der Waals surface area (Å²) in [5, 5.41) is 12.2. The zero-order chi connectivity index (χ0) is 6.69. The third-order valence-electron chi connectivity index (χ3n) is 1.65. The second-order valence-corrected chi connectivity index (χ2v) is 2.64. The normalized spacial score (nSPS) is 38.0. The molecule has 0 amide bonds. The lowest BCUT2D eigenvalue weighted by molar-refractivity contribution is 0.163. The van der Waals surface area contributed by atoms with Crippen LogP contribution in [-0.4, -0.2) is 30.3 Å². The zero-order valence-electron chi connectivity index (χ0n) is 5.51. The molecular weight excluding hydrogens is 116 g/mol. The third kappa shape index (κ3) is 2.30. The Morgan fingerprint density at radius 2 is 2.33 bits per heavy atom. The van der Waals surface area contributed by atoms with Crippen molar-refractivity contribution in [1.29, 1.82) is 0 Å². The maximum absolute atomic E-state index is 9.12. The number of nitrogens with one attached hydrogen (secondary N) is 1. The Labute approximate surface area is 55.2 Å². The highest BCUT2D eigenvalue weighted by molar-refractivity contribution is 4.74. The lowest BCUT2D eigenvalue weighted by Gasteiger charge is -2.08. The molecule has 0 bridgehead atoms. The molecule has 54 valence electrons. The van der Waals surface area contributed by atoms with Crippen LogP contribution in [0.2, 0.25) is 0 Å². The molecule has 1 aliphatic rings. The molecule has 1 aliphatic heterocycles. The minimum absolute atomic E-state index is 0.190. The average molecular weight is 130 g/mol. The topological polar surface area (TPSA) is 58.3 Å². The number of aliphatic hydroxyl groups excluding tert-OH is 1. The van der Waals surface area contributed by atoms with Gasteiger partial charge in [-0.1, -0.05) is 0 Å². The zero-order valence-corrected chi connectivity index (χ0v) is 5.51. The first kappa shape index (κ1) is 6.99. The third-order valence-corrected chi connectivity index (χ3v) is 1.65. The Kier molecular flexibility index (Phi) is 2.45. The van der Waals surface area contributed by atoms with E-state index in [1.807, 2.05) is 0 Å². The predicted molar refractivity (Wildman–Crippen MR) is 36.1 cm³/mol. The molecule has 1 rings (SSSR count). The summed E-state index contributed by atoms with van der Waals surface area (Å²) in [6.07, 6.45) is 1.49. The van der Waals surface area contributed by atoms with Gasteiger partial charge in [0.25, 0.3) is 0 Å². The summed E-state index contributed by atoms with van der Waals surface area (Å²) in [6.45, 7) is 1.64. The molecule has 0 spiro atoms. The molecule has 0 unspecified atom stereocenters. The molecule has 1 heterocycles. The molecule has 0 radical (unpaired) electrons. The molecule has 0 aliphatic carbocycles. The largest absolute Gasteiger partial charge is 0.392 e. The van der Waals surface area contributed by atoms with Crippen LogP contribution in [0.25, 0.3) is 0 Å². The molecule has 0 saturated carbocycles. The van der Waals surface area contributed by atoms with E-state index in [0.717, 1.165) is 19.4 Å². The van der Waals surface area contributed by atoms with Gasteiger partial charge < -0.3 is 16.2 Å². The van der Waals surface area contributed by atoms with Crippen LogP contribution in [0, 0.1) is 0 Å². The van der Waals surface area contributed by atoms with Crippen molar-refractivity contribution in [2.75, 3.05) is 13.1 Å². The van der Waals surface area contributed by atoms with E-state index in [1.165, 1.54) is 0 Å². The monoisotopic (exact) mass is 130 g/mol. The number of hydrogen-bond acceptors (Lipinski definition) is 3. The van der Waals surface area contributed by atoms with Gasteiger partial charge in [0.05, 0.1) is 6.10 Å². The molecule has 2 atom stereocenters. The molecule has 0 aromatic carbocycles. The van der Waals surface area contributed by atoms with E-state index in [-0.39, 0.29) is 12.1 Å². The van der Waals surface area contributed by atoms with Crippen LogP contribution >= 0.6 is 0 Å². The van der Waals surface area contributed by atoms with Crippen molar-refractivity contribution >= 4 is 0 Å². The van der Waals surface area contributed by atoms with Gasteiger partial charge in [0.15, 0.2) is 0 Å². The highest BCUT2D eigenvalue weighted by atomic mass is 16.3. The fourth-order valence-corrected chi connectivity index (χ4v) is 1.11. The molecule has 1 fully saturated rings. The van der Waals surface area contributed by atoms with Crippen LogP contribution in [0.1, 0.15) is 12.8 Å². The molecule has 3 nitrogen and oxygen atoms in total. The van der Waals surface area contributed by atoms with Gasteiger partial charge in [-0.05, 0) is 19.4 Å². The maximum atomic E-state index is 9.12. The fraction of sp³-hybridized carbons (Fsp3) is 1.00. The van der Waals surface area contributed by atoms with E-state index in [9.17, 15) is 0 Å². The lowest BCUT2D eigenvalue weighted by atomic mass is 10.1. The number of aliphatic hydroxyl groups is 1. The predicted octanol–water partition coefficient (Wildman–Crippen LogP) is -0.942. The molecule has 0 aromatic heterocycles. The van der Waals surface area contributed by atoms with Crippen LogP contribution in [0.3, 0.4) is 0 Å². The highest BCUT2D eigenvalue weighted by Gasteiger charge is 2.13. The Morgan fingerprint density at radius 1 is 1.56 bits per heavy atom. The van der Waals surface area contributed by atoms with Gasteiger partial charge in [-0.2, -0.15) is 0 Å². The van der Waals surface area contributed by atoms with E-state index in [4.69, 9.17) is 10.8 Å². The highest BCUT2D eigenvalue weighted by Crippen LogP contribution is 2.01. The van der Waals surface area contributed by atoms with Crippen molar-refractivity contribution in [2.24, 2.45) is 5.73 Å². The second kappa shape index (κ2) is 3.15. The summed E-state index contributed by atoms with van der Waals surface area (Å²) >= 11 is 0. The van der Waals surface area contributed by atoms with Crippen molar-refractivity contribution < 1.29 is 5.11 Å². The Bertz CT molecular complexity index is 77.1. The Morgan fingerprint density at radius 3 is 3.11 bits per heavy atom. The molecule has 0 aromatic rings. The molecular formula is C6H14N2O. The van der Waals surface area contributed by atoms with Crippen LogP contribution in [0.15, 0.2) is 0 Å². The average Bonchev–Trinajstić information content (AvgIpc) is 1.93. The minimum atomic E-state index is -0.234. The van der Waals surface area contributed by atoms with E-state index >= 15 is 0 Å². The van der Waals surface area contributed by atoms with E-state index in [1.54, 1.807) is 0 Å². The van der Waals surface area contributed by atoms with Gasteiger partial charge in [0.2, 0.25) is 0 Å². The van der Waals surface area contributed by atoms with E-state index in [0.29, 0.717) is 6.54 Å². The van der Waals surface area contributed by atoms with Crippen LogP contribution in [0.5, 0.6) is 0 Å². The van der Waals surface area contributed by atoms with Gasteiger partial charge in [0.1, 0.15) is 0 Å². The minimum Gasteiger partial charge on any atom is -0.392 e. The first-order valence-electron chi connectivity index (χ1n) is 3.43. The summed E-state index contributed by atoms with van der Waals surface area (Å²) in [5.41, 5.74) is 5.63. The number of hydrogen-bond donors (Lipinski definition) is 3. The van der Waals surface area contributed by atoms with Gasteiger partial charge in [-0.3, -0.25) is 0 Å². The van der Waals surface area contributed by atoms with Gasteiger partial charge in [-0.25, -0.2) is 0 Å². The molecule has 9 heavy (non-hydrogen) atoms. The standard InChI is InChI=1S/C6H14N2O/c7-5-1-2-8-4-6(9)3-5/h5-6,8-9H,1-4,7H2/t5-,6-/m1/s1. The summed E-state index contributed by atoms with van der Waals surface area (Å²) in [6, 6.07) is 0.190. The van der Waals surface area contributed by atoms with Crippen LogP contribution in [0.4, 0.5) is 0 Å².